The molecule has 0 radical (unpaired) electrons. The standard InChI is InChI=1S/C8H8FNO3/c1-2-12-8(11)7(9)5-6-3-4-10-13-6/h3-5H,2H2,1H3/b7-5-. The first kappa shape index (κ1) is 9.44. The second kappa shape index (κ2) is 4.39. The molecule has 0 N–H and O–H groups in total. The molecule has 0 spiro atoms. The summed E-state index contributed by atoms with van der Waals surface area (Å²) in [5.41, 5.74) is 0. The highest BCUT2D eigenvalue weighted by atomic mass is 19.1. The average Bonchev–Trinajstić information content (AvgIpc) is 2.57. The van der Waals surface area contributed by atoms with Gasteiger partial charge in [-0.1, -0.05) is 5.16 Å². The quantitative estimate of drug-likeness (QED) is 0.529. The van der Waals surface area contributed by atoms with Gasteiger partial charge in [0.15, 0.2) is 5.76 Å². The molecule has 0 amide bonds. The van der Waals surface area contributed by atoms with Gasteiger partial charge < -0.3 is 9.26 Å². The number of ether oxygens (including phenoxy) is 1. The Hall–Kier alpha value is -1.65. The molecule has 1 heterocycles. The van der Waals surface area contributed by atoms with Crippen molar-refractivity contribution in [2.24, 2.45) is 0 Å². The molecule has 0 atom stereocenters. The second-order valence-electron chi connectivity index (χ2n) is 2.13. The van der Waals surface area contributed by atoms with Crippen LogP contribution in [0.1, 0.15) is 12.7 Å². The molecule has 0 saturated carbocycles. The zero-order valence-corrected chi connectivity index (χ0v) is 6.99. The van der Waals surface area contributed by atoms with Gasteiger partial charge in [0.05, 0.1) is 12.8 Å². The van der Waals surface area contributed by atoms with E-state index in [0.717, 1.165) is 6.08 Å². The maximum absolute atomic E-state index is 12.8. The fourth-order valence-corrected chi connectivity index (χ4v) is 0.684. The minimum absolute atomic E-state index is 0.135. The van der Waals surface area contributed by atoms with Crippen LogP contribution in [0.3, 0.4) is 0 Å². The highest BCUT2D eigenvalue weighted by molar-refractivity contribution is 5.90. The summed E-state index contributed by atoms with van der Waals surface area (Å²) >= 11 is 0. The minimum atomic E-state index is -1.00. The fraction of sp³-hybridized carbons (Fsp3) is 0.250. The Morgan fingerprint density at radius 2 is 2.62 bits per heavy atom. The summed E-state index contributed by atoms with van der Waals surface area (Å²) < 4.78 is 21.8. The summed E-state index contributed by atoms with van der Waals surface area (Å²) in [5.74, 6) is -1.83. The topological polar surface area (TPSA) is 52.3 Å². The molecular weight excluding hydrogens is 177 g/mol. The number of halogens is 1. The van der Waals surface area contributed by atoms with E-state index in [9.17, 15) is 9.18 Å². The Labute approximate surface area is 74.0 Å². The fourth-order valence-electron chi connectivity index (χ4n) is 0.684. The van der Waals surface area contributed by atoms with Crippen molar-refractivity contribution in [2.75, 3.05) is 6.61 Å². The predicted molar refractivity (Wildman–Crippen MR) is 42.2 cm³/mol. The van der Waals surface area contributed by atoms with Gasteiger partial charge in [-0.2, -0.15) is 4.39 Å². The Balaban J connectivity index is 2.66. The van der Waals surface area contributed by atoms with Gasteiger partial charge in [0.2, 0.25) is 5.83 Å². The van der Waals surface area contributed by atoms with Crippen molar-refractivity contribution in [3.05, 3.63) is 23.9 Å². The van der Waals surface area contributed by atoms with E-state index in [0.29, 0.717) is 0 Å². The summed E-state index contributed by atoms with van der Waals surface area (Å²) in [4.78, 5) is 10.7. The van der Waals surface area contributed by atoms with Crippen LogP contribution in [0.25, 0.3) is 6.08 Å². The van der Waals surface area contributed by atoms with E-state index in [4.69, 9.17) is 0 Å². The maximum Gasteiger partial charge on any atom is 0.367 e. The van der Waals surface area contributed by atoms with Crippen molar-refractivity contribution < 1.29 is 18.4 Å². The molecular formula is C8H8FNO3. The average molecular weight is 185 g/mol. The summed E-state index contributed by atoms with van der Waals surface area (Å²) in [6.07, 6.45) is 2.27. The van der Waals surface area contributed by atoms with Crippen molar-refractivity contribution in [3.63, 3.8) is 0 Å². The third kappa shape index (κ3) is 2.70. The number of hydrogen-bond donors (Lipinski definition) is 0. The largest absolute Gasteiger partial charge is 0.461 e. The molecule has 0 aliphatic carbocycles. The van der Waals surface area contributed by atoms with Crippen molar-refractivity contribution in [1.29, 1.82) is 0 Å². The molecule has 0 fully saturated rings. The summed E-state index contributed by atoms with van der Waals surface area (Å²) in [6.45, 7) is 1.73. The van der Waals surface area contributed by atoms with Crippen LogP contribution in [0.5, 0.6) is 0 Å². The van der Waals surface area contributed by atoms with E-state index in [-0.39, 0.29) is 12.4 Å². The molecule has 0 saturated heterocycles. The summed E-state index contributed by atoms with van der Waals surface area (Å²) in [5, 5.41) is 3.34. The van der Waals surface area contributed by atoms with Gasteiger partial charge in [-0.15, -0.1) is 0 Å². The van der Waals surface area contributed by atoms with Gasteiger partial charge in [0, 0.05) is 12.1 Å². The monoisotopic (exact) mass is 185 g/mol. The smallest absolute Gasteiger partial charge is 0.367 e. The lowest BCUT2D eigenvalue weighted by molar-refractivity contribution is -0.140. The molecule has 1 aromatic rings. The highest BCUT2D eigenvalue weighted by Crippen LogP contribution is 2.08. The van der Waals surface area contributed by atoms with E-state index >= 15 is 0 Å². The molecule has 5 heteroatoms. The minimum Gasteiger partial charge on any atom is -0.461 e. The van der Waals surface area contributed by atoms with E-state index in [2.05, 4.69) is 14.4 Å². The zero-order valence-electron chi connectivity index (χ0n) is 6.99. The van der Waals surface area contributed by atoms with Crippen LogP contribution in [0.4, 0.5) is 4.39 Å². The van der Waals surface area contributed by atoms with Gasteiger partial charge in [0.1, 0.15) is 0 Å². The molecule has 4 nitrogen and oxygen atoms in total. The molecule has 0 aliphatic rings. The lowest BCUT2D eigenvalue weighted by Gasteiger charge is -1.96. The number of rotatable bonds is 3. The van der Waals surface area contributed by atoms with Crippen LogP contribution in [0.2, 0.25) is 0 Å². The van der Waals surface area contributed by atoms with Gasteiger partial charge >= 0.3 is 5.97 Å². The van der Waals surface area contributed by atoms with Crippen molar-refractivity contribution in [1.82, 2.24) is 5.16 Å². The third-order valence-electron chi connectivity index (χ3n) is 1.20. The van der Waals surface area contributed by atoms with Crippen molar-refractivity contribution in [2.45, 2.75) is 6.92 Å². The van der Waals surface area contributed by atoms with Crippen molar-refractivity contribution >= 4 is 12.0 Å². The molecule has 1 rings (SSSR count). The number of aromatic nitrogens is 1. The maximum atomic E-state index is 12.8. The molecule has 1 aromatic heterocycles. The van der Waals surface area contributed by atoms with Gasteiger partial charge in [-0.25, -0.2) is 4.79 Å². The van der Waals surface area contributed by atoms with Crippen LogP contribution >= 0.6 is 0 Å². The van der Waals surface area contributed by atoms with Crippen LogP contribution < -0.4 is 0 Å². The number of esters is 1. The molecule has 0 aromatic carbocycles. The van der Waals surface area contributed by atoms with Gasteiger partial charge in [-0.05, 0) is 6.92 Å². The SMILES string of the molecule is CCOC(=O)/C(F)=C/c1ccno1. The van der Waals surface area contributed by atoms with Gasteiger partial charge in [0.25, 0.3) is 0 Å². The van der Waals surface area contributed by atoms with E-state index in [1.807, 2.05) is 0 Å². The number of hydrogen-bond acceptors (Lipinski definition) is 4. The summed E-state index contributed by atoms with van der Waals surface area (Å²) in [7, 11) is 0. The Bertz CT molecular complexity index is 305. The lowest BCUT2D eigenvalue weighted by Crippen LogP contribution is -2.03. The van der Waals surface area contributed by atoms with Crippen LogP contribution in [0.15, 0.2) is 22.6 Å². The first-order chi connectivity index (χ1) is 6.24. The van der Waals surface area contributed by atoms with Crippen molar-refractivity contribution in [3.8, 4) is 0 Å². The van der Waals surface area contributed by atoms with Gasteiger partial charge in [-0.3, -0.25) is 0 Å². The number of carbonyl (C=O) groups excluding carboxylic acids is 1. The predicted octanol–water partition coefficient (Wildman–Crippen LogP) is 1.55. The van der Waals surface area contributed by atoms with Crippen LogP contribution in [-0.2, 0) is 9.53 Å². The Morgan fingerprint density at radius 3 is 3.15 bits per heavy atom. The van der Waals surface area contributed by atoms with E-state index < -0.39 is 11.8 Å². The zero-order chi connectivity index (χ0) is 9.68. The molecule has 0 unspecified atom stereocenters. The van der Waals surface area contributed by atoms with E-state index in [1.165, 1.54) is 12.3 Å². The molecule has 70 valence electrons. The Kier molecular flexibility index (Phi) is 3.19. The summed E-state index contributed by atoms with van der Waals surface area (Å²) in [6, 6.07) is 1.43. The van der Waals surface area contributed by atoms with Crippen LogP contribution in [-0.4, -0.2) is 17.7 Å². The Morgan fingerprint density at radius 1 is 1.85 bits per heavy atom. The molecule has 13 heavy (non-hydrogen) atoms. The molecule has 0 bridgehead atoms. The normalized spacial score (nSPS) is 11.4. The first-order valence-corrected chi connectivity index (χ1v) is 3.69. The second-order valence-corrected chi connectivity index (χ2v) is 2.13. The number of carbonyl (C=O) groups is 1. The lowest BCUT2D eigenvalue weighted by atomic mass is 10.4. The first-order valence-electron chi connectivity index (χ1n) is 3.69. The van der Waals surface area contributed by atoms with Crippen LogP contribution in [0, 0.1) is 0 Å². The van der Waals surface area contributed by atoms with E-state index in [1.54, 1.807) is 6.92 Å². The highest BCUT2D eigenvalue weighted by Gasteiger charge is 2.09. The molecule has 0 aliphatic heterocycles. The number of nitrogens with zero attached hydrogens (tertiary/aromatic N) is 1. The third-order valence-corrected chi connectivity index (χ3v) is 1.20.